The molecule has 0 aliphatic rings. The molecule has 0 saturated heterocycles. The fourth-order valence-corrected chi connectivity index (χ4v) is 3.14. The summed E-state index contributed by atoms with van der Waals surface area (Å²) in [6.45, 7) is 0. The summed E-state index contributed by atoms with van der Waals surface area (Å²) in [7, 11) is 0. The van der Waals surface area contributed by atoms with Crippen LogP contribution in [-0.2, 0) is 11.2 Å². The first-order chi connectivity index (χ1) is 15.6. The molecule has 0 radical (unpaired) electrons. The van der Waals surface area contributed by atoms with Crippen molar-refractivity contribution in [3.05, 3.63) is 95.7 Å². The van der Waals surface area contributed by atoms with Crippen LogP contribution < -0.4 is 16.0 Å². The van der Waals surface area contributed by atoms with Crippen LogP contribution in [0.3, 0.4) is 0 Å². The summed E-state index contributed by atoms with van der Waals surface area (Å²) < 4.78 is 13.9. The highest BCUT2D eigenvalue weighted by atomic mass is 35.5. The van der Waals surface area contributed by atoms with E-state index in [1.807, 2.05) is 18.2 Å². The van der Waals surface area contributed by atoms with Gasteiger partial charge in [-0.3, -0.25) is 4.79 Å². The highest BCUT2D eigenvalue weighted by molar-refractivity contribution is 6.31. The Balaban J connectivity index is 1.37. The van der Waals surface area contributed by atoms with Crippen molar-refractivity contribution in [3.8, 4) is 0 Å². The Morgan fingerprint density at radius 1 is 0.844 bits per heavy atom. The maximum absolute atomic E-state index is 13.9. The van der Waals surface area contributed by atoms with Gasteiger partial charge in [0, 0.05) is 34.2 Å². The molecule has 1 amide bonds. The highest BCUT2D eigenvalue weighted by Crippen LogP contribution is 2.22. The minimum absolute atomic E-state index is 0.154. The minimum Gasteiger partial charge on any atom is -0.340 e. The van der Waals surface area contributed by atoms with E-state index in [4.69, 9.17) is 11.6 Å². The number of hydrogen-bond acceptors (Lipinski definition) is 6. The van der Waals surface area contributed by atoms with Gasteiger partial charge in [-0.1, -0.05) is 23.7 Å². The molecule has 0 aliphatic heterocycles. The predicted octanol–water partition coefficient (Wildman–Crippen LogP) is 5.33. The maximum atomic E-state index is 13.9. The standard InChI is InChI=1S/C23H18ClFN6O/c24-18-4-3-5-19(25)17(18)12-23(32)30-16-9-7-15(8-10-16)29-21-13-22(28-14-27-21)31-20-6-1-2-11-26-20/h1-11,13-14H,12H2,(H,30,32)(H2,26,27,28,29,31). The van der Waals surface area contributed by atoms with Crippen molar-refractivity contribution in [1.82, 2.24) is 15.0 Å². The molecule has 2 heterocycles. The van der Waals surface area contributed by atoms with Crippen LogP contribution in [0.1, 0.15) is 5.56 Å². The van der Waals surface area contributed by atoms with E-state index in [1.165, 1.54) is 18.5 Å². The van der Waals surface area contributed by atoms with Gasteiger partial charge in [0.15, 0.2) is 0 Å². The first-order valence-electron chi connectivity index (χ1n) is 9.67. The number of halogens is 2. The molecule has 7 nitrogen and oxygen atoms in total. The van der Waals surface area contributed by atoms with Crippen LogP contribution in [0.2, 0.25) is 5.02 Å². The molecular formula is C23H18ClFN6O. The average molecular weight is 449 g/mol. The number of pyridine rings is 1. The lowest BCUT2D eigenvalue weighted by molar-refractivity contribution is -0.115. The van der Waals surface area contributed by atoms with E-state index < -0.39 is 5.82 Å². The first kappa shape index (κ1) is 21.2. The van der Waals surface area contributed by atoms with Crippen LogP contribution in [0.5, 0.6) is 0 Å². The Hall–Kier alpha value is -4.04. The Labute approximate surface area is 188 Å². The number of nitrogens with one attached hydrogen (secondary N) is 3. The van der Waals surface area contributed by atoms with Crippen molar-refractivity contribution >= 4 is 46.3 Å². The summed E-state index contributed by atoms with van der Waals surface area (Å²) in [6, 6.07) is 18.7. The van der Waals surface area contributed by atoms with Crippen LogP contribution in [-0.4, -0.2) is 20.9 Å². The maximum Gasteiger partial charge on any atom is 0.228 e. The molecule has 0 spiro atoms. The number of rotatable bonds is 7. The summed E-state index contributed by atoms with van der Waals surface area (Å²) in [5, 5.41) is 9.24. The highest BCUT2D eigenvalue weighted by Gasteiger charge is 2.12. The zero-order valence-electron chi connectivity index (χ0n) is 16.7. The van der Waals surface area contributed by atoms with E-state index in [1.54, 1.807) is 42.6 Å². The number of amides is 1. The van der Waals surface area contributed by atoms with Gasteiger partial charge in [-0.15, -0.1) is 0 Å². The molecule has 0 aliphatic carbocycles. The van der Waals surface area contributed by atoms with Gasteiger partial charge < -0.3 is 16.0 Å². The van der Waals surface area contributed by atoms with Crippen molar-refractivity contribution in [3.63, 3.8) is 0 Å². The van der Waals surface area contributed by atoms with Crippen molar-refractivity contribution in [2.24, 2.45) is 0 Å². The van der Waals surface area contributed by atoms with Crippen LogP contribution in [0, 0.1) is 5.82 Å². The van der Waals surface area contributed by atoms with Gasteiger partial charge in [0.05, 0.1) is 6.42 Å². The molecule has 4 aromatic rings. The molecule has 160 valence electrons. The molecule has 2 aromatic heterocycles. The van der Waals surface area contributed by atoms with Gasteiger partial charge in [0.25, 0.3) is 0 Å². The number of anilines is 5. The van der Waals surface area contributed by atoms with E-state index in [2.05, 4.69) is 30.9 Å². The summed E-state index contributed by atoms with van der Waals surface area (Å²) >= 11 is 5.98. The van der Waals surface area contributed by atoms with Crippen molar-refractivity contribution in [1.29, 1.82) is 0 Å². The van der Waals surface area contributed by atoms with Gasteiger partial charge in [-0.05, 0) is 48.5 Å². The number of carbonyl (C=O) groups is 1. The quantitative estimate of drug-likeness (QED) is 0.354. The Morgan fingerprint density at radius 3 is 2.31 bits per heavy atom. The lowest BCUT2D eigenvalue weighted by atomic mass is 10.1. The lowest BCUT2D eigenvalue weighted by Crippen LogP contribution is -2.15. The van der Waals surface area contributed by atoms with Crippen molar-refractivity contribution < 1.29 is 9.18 Å². The van der Waals surface area contributed by atoms with Gasteiger partial charge >= 0.3 is 0 Å². The Bertz CT molecular complexity index is 1200. The zero-order valence-corrected chi connectivity index (χ0v) is 17.5. The third-order valence-corrected chi connectivity index (χ3v) is 4.78. The summed E-state index contributed by atoms with van der Waals surface area (Å²) in [5.41, 5.74) is 1.51. The second-order valence-corrected chi connectivity index (χ2v) is 7.16. The second-order valence-electron chi connectivity index (χ2n) is 6.76. The zero-order chi connectivity index (χ0) is 22.3. The molecule has 3 N–H and O–H groups in total. The number of aromatic nitrogens is 3. The van der Waals surface area contributed by atoms with E-state index in [0.29, 0.717) is 23.1 Å². The lowest BCUT2D eigenvalue weighted by Gasteiger charge is -2.10. The Morgan fingerprint density at radius 2 is 1.59 bits per heavy atom. The second kappa shape index (κ2) is 9.84. The monoisotopic (exact) mass is 448 g/mol. The number of carbonyl (C=O) groups excluding carboxylic acids is 1. The summed E-state index contributed by atoms with van der Waals surface area (Å²) in [6.07, 6.45) is 2.97. The van der Waals surface area contributed by atoms with E-state index >= 15 is 0 Å². The van der Waals surface area contributed by atoms with Crippen molar-refractivity contribution in [2.45, 2.75) is 6.42 Å². The van der Waals surface area contributed by atoms with Gasteiger partial charge in [-0.2, -0.15) is 0 Å². The van der Waals surface area contributed by atoms with Crippen LogP contribution in [0.15, 0.2) is 79.3 Å². The molecule has 0 fully saturated rings. The van der Waals surface area contributed by atoms with E-state index in [9.17, 15) is 9.18 Å². The number of hydrogen-bond donors (Lipinski definition) is 3. The normalized spacial score (nSPS) is 10.4. The van der Waals surface area contributed by atoms with Crippen LogP contribution >= 0.6 is 11.6 Å². The van der Waals surface area contributed by atoms with E-state index in [0.717, 1.165) is 5.69 Å². The smallest absolute Gasteiger partial charge is 0.228 e. The van der Waals surface area contributed by atoms with Gasteiger partial charge in [0.2, 0.25) is 5.91 Å². The van der Waals surface area contributed by atoms with Crippen LogP contribution in [0.25, 0.3) is 0 Å². The Kier molecular flexibility index (Phi) is 6.52. The fraction of sp³-hybridized carbons (Fsp3) is 0.0435. The van der Waals surface area contributed by atoms with Crippen molar-refractivity contribution in [2.75, 3.05) is 16.0 Å². The molecule has 4 rings (SSSR count). The first-order valence-corrected chi connectivity index (χ1v) is 10.0. The third-order valence-electron chi connectivity index (χ3n) is 4.43. The molecule has 0 unspecified atom stereocenters. The number of nitrogens with zero attached hydrogens (tertiary/aromatic N) is 3. The van der Waals surface area contributed by atoms with Gasteiger partial charge in [-0.25, -0.2) is 19.3 Å². The molecule has 0 atom stereocenters. The predicted molar refractivity (Wildman–Crippen MR) is 123 cm³/mol. The molecule has 0 saturated carbocycles. The minimum atomic E-state index is -0.506. The van der Waals surface area contributed by atoms with Gasteiger partial charge in [0.1, 0.15) is 29.6 Å². The SMILES string of the molecule is O=C(Cc1c(F)cccc1Cl)Nc1ccc(Nc2cc(Nc3ccccn3)ncn2)cc1. The van der Waals surface area contributed by atoms with E-state index in [-0.39, 0.29) is 22.9 Å². The number of benzene rings is 2. The molecule has 32 heavy (non-hydrogen) atoms. The largest absolute Gasteiger partial charge is 0.340 e. The van der Waals surface area contributed by atoms with Crippen LogP contribution in [0.4, 0.5) is 33.2 Å². The molecule has 2 aromatic carbocycles. The topological polar surface area (TPSA) is 91.8 Å². The fourth-order valence-electron chi connectivity index (χ4n) is 2.91. The summed E-state index contributed by atoms with van der Waals surface area (Å²) in [5.74, 6) is 0.989. The molecule has 0 bridgehead atoms. The third kappa shape index (κ3) is 5.55. The molecular weight excluding hydrogens is 431 g/mol. The summed E-state index contributed by atoms with van der Waals surface area (Å²) in [4.78, 5) is 24.9. The molecule has 9 heteroatoms. The average Bonchev–Trinajstić information content (AvgIpc) is 2.79.